The van der Waals surface area contributed by atoms with Gasteiger partial charge in [-0.25, -0.2) is 9.97 Å². The van der Waals surface area contributed by atoms with E-state index < -0.39 is 0 Å². The molecule has 0 aliphatic rings. The fourth-order valence-electron chi connectivity index (χ4n) is 5.79. The summed E-state index contributed by atoms with van der Waals surface area (Å²) in [4.78, 5) is 8.80. The Morgan fingerprint density at radius 1 is 0.395 bits per heavy atom. The fourth-order valence-corrected chi connectivity index (χ4v) is 5.79. The van der Waals surface area contributed by atoms with E-state index >= 15 is 0 Å². The van der Waals surface area contributed by atoms with E-state index in [0.717, 1.165) is 22.8 Å². The van der Waals surface area contributed by atoms with Crippen LogP contribution in [0.1, 0.15) is 0 Å². The molecule has 0 saturated carbocycles. The van der Waals surface area contributed by atoms with Crippen molar-refractivity contribution in [2.75, 3.05) is 0 Å². The molecule has 8 rings (SSSR count). The van der Waals surface area contributed by atoms with E-state index in [2.05, 4.69) is 134 Å². The molecular weight excluding hydrogens is 464 g/mol. The van der Waals surface area contributed by atoms with E-state index in [1.165, 1.54) is 43.6 Å². The number of fused-ring (bicyclic) bond motifs is 6. The molecule has 0 fully saturated rings. The average Bonchev–Trinajstić information content (AvgIpc) is 3.50. The van der Waals surface area contributed by atoms with Gasteiger partial charge in [-0.15, -0.1) is 0 Å². The van der Waals surface area contributed by atoms with Crippen LogP contribution in [0.5, 0.6) is 0 Å². The molecule has 5 aromatic carbocycles. The highest BCUT2D eigenvalue weighted by Crippen LogP contribution is 2.36. The highest BCUT2D eigenvalue weighted by atomic mass is 15.0. The molecular formula is C34H22N4. The van der Waals surface area contributed by atoms with Gasteiger partial charge in [0.2, 0.25) is 0 Å². The lowest BCUT2D eigenvalue weighted by atomic mass is 10.1. The Morgan fingerprint density at radius 3 is 1.47 bits per heavy atom. The molecule has 3 aromatic heterocycles. The molecule has 0 amide bonds. The van der Waals surface area contributed by atoms with Crippen molar-refractivity contribution in [2.24, 2.45) is 0 Å². The zero-order valence-electron chi connectivity index (χ0n) is 20.5. The lowest BCUT2D eigenvalue weighted by Crippen LogP contribution is -1.96. The van der Waals surface area contributed by atoms with Gasteiger partial charge in [-0.1, -0.05) is 54.6 Å². The highest BCUT2D eigenvalue weighted by molar-refractivity contribution is 6.12. The minimum absolute atomic E-state index is 0.733. The Hall–Kier alpha value is -5.22. The van der Waals surface area contributed by atoms with E-state index in [1.54, 1.807) is 12.4 Å². The maximum absolute atomic E-state index is 4.40. The molecule has 38 heavy (non-hydrogen) atoms. The first kappa shape index (κ1) is 20.9. The molecule has 0 radical (unpaired) electrons. The molecule has 0 atom stereocenters. The summed E-state index contributed by atoms with van der Waals surface area (Å²) < 4.78 is 4.72. The van der Waals surface area contributed by atoms with E-state index in [4.69, 9.17) is 0 Å². The second-order valence-corrected chi connectivity index (χ2v) is 9.54. The number of aromatic nitrogens is 4. The van der Waals surface area contributed by atoms with Crippen LogP contribution in [0.3, 0.4) is 0 Å². The van der Waals surface area contributed by atoms with Gasteiger partial charge < -0.3 is 9.13 Å². The number of para-hydroxylation sites is 3. The molecule has 3 heterocycles. The summed E-state index contributed by atoms with van der Waals surface area (Å²) in [6.07, 6.45) is 3.55. The number of nitrogens with zero attached hydrogens (tertiary/aromatic N) is 4. The van der Waals surface area contributed by atoms with Crippen LogP contribution in [-0.2, 0) is 0 Å². The first-order chi connectivity index (χ1) is 18.9. The first-order valence-electron chi connectivity index (χ1n) is 12.8. The zero-order valence-corrected chi connectivity index (χ0v) is 20.5. The minimum Gasteiger partial charge on any atom is -0.309 e. The van der Waals surface area contributed by atoms with Crippen LogP contribution in [0.2, 0.25) is 0 Å². The molecule has 4 heteroatoms. The van der Waals surface area contributed by atoms with Crippen LogP contribution in [0.4, 0.5) is 0 Å². The monoisotopic (exact) mass is 486 g/mol. The maximum Gasteiger partial charge on any atom is 0.159 e. The van der Waals surface area contributed by atoms with E-state index in [0.29, 0.717) is 0 Å². The molecule has 178 valence electrons. The minimum atomic E-state index is 0.733. The van der Waals surface area contributed by atoms with Crippen molar-refractivity contribution in [3.63, 3.8) is 0 Å². The molecule has 0 spiro atoms. The molecule has 0 bridgehead atoms. The third-order valence-corrected chi connectivity index (χ3v) is 7.44. The second kappa shape index (κ2) is 8.15. The summed E-state index contributed by atoms with van der Waals surface area (Å²) in [6, 6.07) is 43.1. The van der Waals surface area contributed by atoms with Crippen LogP contribution < -0.4 is 0 Å². The molecule has 0 saturated heterocycles. The topological polar surface area (TPSA) is 35.6 Å². The molecule has 4 nitrogen and oxygen atoms in total. The highest BCUT2D eigenvalue weighted by Gasteiger charge is 2.16. The summed E-state index contributed by atoms with van der Waals surface area (Å²) in [5, 5.41) is 5.01. The van der Waals surface area contributed by atoms with Gasteiger partial charge in [-0.3, -0.25) is 0 Å². The van der Waals surface area contributed by atoms with Crippen LogP contribution in [0, 0.1) is 0 Å². The van der Waals surface area contributed by atoms with Gasteiger partial charge in [0.1, 0.15) is 0 Å². The Labute approximate surface area is 219 Å². The largest absolute Gasteiger partial charge is 0.309 e. The number of hydrogen-bond donors (Lipinski definition) is 0. The standard InChI is InChI=1S/C34H22N4/c1-4-11-30-26(8-1)27-9-2-5-12-31(27)38(30)25-18-19-33-29(22-25)28-10-3-6-13-32(28)37(33)24-16-14-23(15-17-24)34-35-20-7-21-36-34/h1-22H. The summed E-state index contributed by atoms with van der Waals surface area (Å²) in [6.45, 7) is 0. The zero-order chi connectivity index (χ0) is 25.1. The molecule has 0 N–H and O–H groups in total. The smallest absolute Gasteiger partial charge is 0.159 e. The Bertz CT molecular complexity index is 2060. The summed E-state index contributed by atoms with van der Waals surface area (Å²) in [5.74, 6) is 0.733. The van der Waals surface area contributed by atoms with Crippen molar-refractivity contribution in [1.29, 1.82) is 0 Å². The van der Waals surface area contributed by atoms with Crippen molar-refractivity contribution < 1.29 is 0 Å². The van der Waals surface area contributed by atoms with Crippen molar-refractivity contribution in [2.45, 2.75) is 0 Å². The number of hydrogen-bond acceptors (Lipinski definition) is 2. The third kappa shape index (κ3) is 3.04. The van der Waals surface area contributed by atoms with Gasteiger partial charge in [-0.2, -0.15) is 0 Å². The van der Waals surface area contributed by atoms with Gasteiger partial charge in [0.05, 0.1) is 22.1 Å². The quantitative estimate of drug-likeness (QED) is 0.252. The maximum atomic E-state index is 4.40. The van der Waals surface area contributed by atoms with Gasteiger partial charge in [-0.05, 0) is 66.7 Å². The van der Waals surface area contributed by atoms with Crippen LogP contribution >= 0.6 is 0 Å². The number of rotatable bonds is 3. The SMILES string of the molecule is c1cnc(-c2ccc(-n3c4ccccc4c4cc(-n5c6ccccc6c6ccccc65)ccc43)cc2)nc1. The van der Waals surface area contributed by atoms with E-state index in [9.17, 15) is 0 Å². The lowest BCUT2D eigenvalue weighted by molar-refractivity contribution is 1.15. The van der Waals surface area contributed by atoms with Crippen LogP contribution in [0.25, 0.3) is 66.4 Å². The van der Waals surface area contributed by atoms with Gasteiger partial charge >= 0.3 is 0 Å². The summed E-state index contributed by atoms with van der Waals surface area (Å²) in [5.41, 5.74) is 8.08. The Morgan fingerprint density at radius 2 is 0.868 bits per heavy atom. The van der Waals surface area contributed by atoms with Crippen molar-refractivity contribution in [1.82, 2.24) is 19.1 Å². The summed E-state index contributed by atoms with van der Waals surface area (Å²) >= 11 is 0. The van der Waals surface area contributed by atoms with E-state index in [1.807, 2.05) is 6.07 Å². The van der Waals surface area contributed by atoms with Crippen LogP contribution in [0.15, 0.2) is 134 Å². The van der Waals surface area contributed by atoms with E-state index in [-0.39, 0.29) is 0 Å². The molecule has 0 unspecified atom stereocenters. The molecule has 0 aliphatic carbocycles. The first-order valence-corrected chi connectivity index (χ1v) is 12.8. The predicted octanol–water partition coefficient (Wildman–Crippen LogP) is 8.34. The summed E-state index contributed by atoms with van der Waals surface area (Å²) in [7, 11) is 0. The Balaban J connectivity index is 1.36. The Kier molecular flexibility index (Phi) is 4.49. The van der Waals surface area contributed by atoms with Crippen molar-refractivity contribution in [3.05, 3.63) is 134 Å². The van der Waals surface area contributed by atoms with Crippen molar-refractivity contribution in [3.8, 4) is 22.8 Å². The van der Waals surface area contributed by atoms with Gasteiger partial charge in [0.15, 0.2) is 5.82 Å². The third-order valence-electron chi connectivity index (χ3n) is 7.44. The lowest BCUT2D eigenvalue weighted by Gasteiger charge is -2.11. The normalized spacial score (nSPS) is 11.7. The van der Waals surface area contributed by atoms with Crippen LogP contribution in [-0.4, -0.2) is 19.1 Å². The second-order valence-electron chi connectivity index (χ2n) is 9.54. The van der Waals surface area contributed by atoms with Gasteiger partial charge in [0.25, 0.3) is 0 Å². The fraction of sp³-hybridized carbons (Fsp3) is 0. The average molecular weight is 487 g/mol. The number of benzene rings is 5. The van der Waals surface area contributed by atoms with Gasteiger partial charge in [0, 0.05) is 50.9 Å². The molecule has 0 aliphatic heterocycles. The predicted molar refractivity (Wildman–Crippen MR) is 156 cm³/mol. The molecule has 8 aromatic rings. The van der Waals surface area contributed by atoms with Crippen molar-refractivity contribution >= 4 is 43.6 Å².